The maximum atomic E-state index is 13.1. The molecule has 2 aliphatic carbocycles. The average Bonchev–Trinajstić information content (AvgIpc) is 3.46. The van der Waals surface area contributed by atoms with Gasteiger partial charge in [0.2, 0.25) is 0 Å². The molecule has 1 saturated heterocycles. The monoisotopic (exact) mass is 468 g/mol. The summed E-state index contributed by atoms with van der Waals surface area (Å²) in [6.45, 7) is 0. The Kier molecular flexibility index (Phi) is 5.94. The lowest BCUT2D eigenvalue weighted by atomic mass is 9.86. The molecule has 2 saturated carbocycles. The lowest BCUT2D eigenvalue weighted by Gasteiger charge is -2.41. The predicted molar refractivity (Wildman–Crippen MR) is 103 cm³/mol. The van der Waals surface area contributed by atoms with Crippen LogP contribution in [0.5, 0.6) is 0 Å². The van der Waals surface area contributed by atoms with Crippen LogP contribution in [0.1, 0.15) is 51.4 Å². The van der Waals surface area contributed by atoms with Crippen molar-refractivity contribution in [2.75, 3.05) is 14.1 Å². The van der Waals surface area contributed by atoms with Gasteiger partial charge in [0, 0.05) is 14.1 Å². The number of carboxylic acid groups (broad SMARTS) is 2. The van der Waals surface area contributed by atoms with Gasteiger partial charge in [-0.05, 0) is 25.7 Å². The molecule has 0 atom stereocenters. The van der Waals surface area contributed by atoms with E-state index in [2.05, 4.69) is 0 Å². The van der Waals surface area contributed by atoms with Crippen LogP contribution in [0, 0.1) is 10.8 Å². The minimum atomic E-state index is -3.37. The molecule has 0 unspecified atom stereocenters. The third-order valence-electron chi connectivity index (χ3n) is 6.73. The number of carbonyl (C=O) groups is 7. The number of urea groups is 1. The van der Waals surface area contributed by atoms with Crippen molar-refractivity contribution in [1.82, 2.24) is 9.80 Å². The van der Waals surface area contributed by atoms with Crippen LogP contribution in [0.2, 0.25) is 0 Å². The van der Waals surface area contributed by atoms with E-state index >= 15 is 0 Å². The van der Waals surface area contributed by atoms with E-state index in [1.807, 2.05) is 0 Å². The first-order valence-electron chi connectivity index (χ1n) is 10.4. The molecule has 0 radical (unpaired) electrons. The molecule has 0 aromatic carbocycles. The summed E-state index contributed by atoms with van der Waals surface area (Å²) < 4.78 is 10.2. The number of aliphatic carboxylic acids is 2. The van der Waals surface area contributed by atoms with E-state index in [9.17, 15) is 43.8 Å². The van der Waals surface area contributed by atoms with Gasteiger partial charge in [-0.3, -0.25) is 38.6 Å². The fraction of sp³-hybridized carbons (Fsp3) is 0.650. The Labute approximate surface area is 187 Å². The van der Waals surface area contributed by atoms with Crippen molar-refractivity contribution in [1.29, 1.82) is 0 Å². The van der Waals surface area contributed by atoms with Crippen LogP contribution in [0.15, 0.2) is 0 Å². The Morgan fingerprint density at radius 2 is 1.00 bits per heavy atom. The van der Waals surface area contributed by atoms with E-state index in [4.69, 9.17) is 9.47 Å². The molecule has 0 spiro atoms. The van der Waals surface area contributed by atoms with E-state index < -0.39 is 58.3 Å². The lowest BCUT2D eigenvalue weighted by molar-refractivity contribution is -0.243. The van der Waals surface area contributed by atoms with Gasteiger partial charge in [0.05, 0.1) is 0 Å². The fourth-order valence-corrected chi connectivity index (χ4v) is 4.55. The van der Waals surface area contributed by atoms with E-state index in [0.29, 0.717) is 35.5 Å². The van der Waals surface area contributed by atoms with Gasteiger partial charge >= 0.3 is 47.5 Å². The molecule has 33 heavy (non-hydrogen) atoms. The molecule has 180 valence electrons. The second-order valence-corrected chi connectivity index (χ2v) is 8.60. The second-order valence-electron chi connectivity index (χ2n) is 8.60. The minimum absolute atomic E-state index is 0.142. The normalized spacial score (nSPS) is 23.4. The van der Waals surface area contributed by atoms with Gasteiger partial charge in [0.1, 0.15) is 0 Å². The summed E-state index contributed by atoms with van der Waals surface area (Å²) in [5.74, 6) is -12.5. The largest absolute Gasteiger partial charge is 0.480 e. The molecule has 13 heteroatoms. The summed E-state index contributed by atoms with van der Waals surface area (Å²) in [5, 5.41) is 19.3. The molecular weight excluding hydrogens is 444 g/mol. The van der Waals surface area contributed by atoms with Crippen molar-refractivity contribution in [2.45, 2.75) is 57.2 Å². The van der Waals surface area contributed by atoms with Gasteiger partial charge in [-0.2, -0.15) is 0 Å². The summed E-state index contributed by atoms with van der Waals surface area (Å²) in [5.41, 5.74) is -4.17. The molecule has 3 aliphatic rings. The molecule has 1 aliphatic heterocycles. The van der Waals surface area contributed by atoms with Gasteiger partial charge in [-0.1, -0.05) is 25.7 Å². The fourth-order valence-electron chi connectivity index (χ4n) is 4.55. The van der Waals surface area contributed by atoms with Crippen LogP contribution in [0.3, 0.4) is 0 Å². The summed E-state index contributed by atoms with van der Waals surface area (Å²) >= 11 is 0. The summed E-state index contributed by atoms with van der Waals surface area (Å²) in [7, 11) is 1.88. The highest BCUT2D eigenvalue weighted by atomic mass is 16.7. The number of imide groups is 2. The molecule has 13 nitrogen and oxygen atoms in total. The van der Waals surface area contributed by atoms with Gasteiger partial charge in [-0.25, -0.2) is 4.79 Å². The Morgan fingerprint density at radius 1 is 0.697 bits per heavy atom. The minimum Gasteiger partial charge on any atom is -0.480 e. The van der Waals surface area contributed by atoms with E-state index in [1.54, 1.807) is 0 Å². The smallest absolute Gasteiger partial charge is 0.420 e. The highest BCUT2D eigenvalue weighted by Gasteiger charge is 2.67. The van der Waals surface area contributed by atoms with Gasteiger partial charge in [0.15, 0.2) is 10.8 Å². The van der Waals surface area contributed by atoms with Crippen molar-refractivity contribution in [3.05, 3.63) is 0 Å². The third kappa shape index (κ3) is 3.42. The van der Waals surface area contributed by atoms with Crippen LogP contribution in [-0.4, -0.2) is 81.6 Å². The zero-order chi connectivity index (χ0) is 24.8. The number of hydrogen-bond donors (Lipinski definition) is 2. The van der Waals surface area contributed by atoms with Gasteiger partial charge in [-0.15, -0.1) is 0 Å². The van der Waals surface area contributed by atoms with Gasteiger partial charge < -0.3 is 19.7 Å². The van der Waals surface area contributed by atoms with E-state index in [0.717, 1.165) is 14.1 Å². The number of carboxylic acids is 2. The zero-order valence-electron chi connectivity index (χ0n) is 18.1. The average molecular weight is 468 g/mol. The summed E-state index contributed by atoms with van der Waals surface area (Å²) in [6.07, 6.45) is 0.864. The van der Waals surface area contributed by atoms with Crippen LogP contribution in [-0.2, 0) is 38.2 Å². The number of rotatable bonds is 6. The van der Waals surface area contributed by atoms with Crippen LogP contribution >= 0.6 is 0 Å². The van der Waals surface area contributed by atoms with Gasteiger partial charge in [0.25, 0.3) is 0 Å². The number of hydrogen-bond acceptors (Lipinski definition) is 9. The zero-order valence-corrected chi connectivity index (χ0v) is 18.1. The molecule has 0 bridgehead atoms. The topological polar surface area (TPSA) is 185 Å². The number of ether oxygens (including phenoxy) is 2. The second kappa shape index (κ2) is 8.12. The van der Waals surface area contributed by atoms with Crippen molar-refractivity contribution in [3.63, 3.8) is 0 Å². The number of barbiturate groups is 1. The van der Waals surface area contributed by atoms with E-state index in [-0.39, 0.29) is 25.7 Å². The van der Waals surface area contributed by atoms with Crippen molar-refractivity contribution in [3.8, 4) is 0 Å². The molecular formula is C20H24N2O11. The highest BCUT2D eigenvalue weighted by Crippen LogP contribution is 2.44. The molecule has 1 heterocycles. The standard InChI is InChI=1S/C20H24N2O11/c1-21-11(23)20(12(24)22(2)17(21)31,32-15(29)18(13(25)26)7-3-4-8-18)33-16(30)19(14(27)28)9-5-6-10-19/h3-10H2,1-2H3,(H,25,26)(H,27,28). The predicted octanol–water partition coefficient (Wildman–Crippen LogP) is 0.109. The summed E-state index contributed by atoms with van der Waals surface area (Å²) in [4.78, 5) is 89.0. The van der Waals surface area contributed by atoms with Crippen molar-refractivity contribution in [2.24, 2.45) is 10.8 Å². The number of carbonyl (C=O) groups excluding carboxylic acids is 5. The van der Waals surface area contributed by atoms with Crippen LogP contribution < -0.4 is 0 Å². The maximum absolute atomic E-state index is 13.1. The molecule has 4 amide bonds. The number of amides is 4. The molecule has 3 rings (SSSR count). The quantitative estimate of drug-likeness (QED) is 0.306. The van der Waals surface area contributed by atoms with Crippen LogP contribution in [0.25, 0.3) is 0 Å². The third-order valence-corrected chi connectivity index (χ3v) is 6.73. The van der Waals surface area contributed by atoms with Crippen LogP contribution in [0.4, 0.5) is 4.79 Å². The number of esters is 2. The molecule has 0 aromatic rings. The highest BCUT2D eigenvalue weighted by molar-refractivity contribution is 6.22. The first-order chi connectivity index (χ1) is 15.4. The van der Waals surface area contributed by atoms with E-state index in [1.165, 1.54) is 0 Å². The molecule has 0 aromatic heterocycles. The summed E-state index contributed by atoms with van der Waals surface area (Å²) in [6, 6.07) is -1.12. The van der Waals surface area contributed by atoms with Crippen molar-refractivity contribution < 1.29 is 53.2 Å². The lowest BCUT2D eigenvalue weighted by Crippen LogP contribution is -2.71. The molecule has 3 fully saturated rings. The molecule has 2 N–H and O–H groups in total. The Morgan fingerprint density at radius 3 is 1.27 bits per heavy atom. The maximum Gasteiger partial charge on any atom is 0.420 e. The first kappa shape index (κ1) is 24.1. The first-order valence-corrected chi connectivity index (χ1v) is 10.4. The number of likely N-dealkylation sites (N-methyl/N-ethyl adjacent to an activating group) is 2. The van der Waals surface area contributed by atoms with Crippen molar-refractivity contribution >= 4 is 41.7 Å². The Bertz CT molecular complexity index is 870. The Hall–Kier alpha value is -3.51. The SMILES string of the molecule is CN1C(=O)N(C)C(=O)C(OC(=O)C2(C(=O)O)CCCC2)(OC(=O)C2(C(=O)O)CCCC2)C1=O. The Balaban J connectivity index is 2.08. The number of nitrogens with zero attached hydrogens (tertiary/aromatic N) is 2.